The molecule has 0 aliphatic carbocycles. The fourth-order valence-corrected chi connectivity index (χ4v) is 5.04. The van der Waals surface area contributed by atoms with E-state index in [2.05, 4.69) is 10.0 Å². The molecule has 10 heteroatoms. The molecule has 2 aliphatic rings. The molecular formula is C20H19F2N3O4S. The van der Waals surface area contributed by atoms with Gasteiger partial charge in [-0.3, -0.25) is 19.8 Å². The Morgan fingerprint density at radius 3 is 2.37 bits per heavy atom. The van der Waals surface area contributed by atoms with Crippen LogP contribution in [0.4, 0.5) is 8.78 Å². The fraction of sp³-hybridized carbons (Fsp3) is 0.300. The molecule has 0 radical (unpaired) electrons. The molecule has 0 atom stereocenters. The molecule has 1 saturated heterocycles. The van der Waals surface area contributed by atoms with Crippen LogP contribution in [0.1, 0.15) is 39.1 Å². The van der Waals surface area contributed by atoms with Crippen molar-refractivity contribution in [3.63, 3.8) is 0 Å². The molecule has 0 spiro atoms. The van der Waals surface area contributed by atoms with Crippen LogP contribution < -0.4 is 10.0 Å². The molecule has 0 unspecified atom stereocenters. The Morgan fingerprint density at radius 1 is 0.967 bits per heavy atom. The Kier molecular flexibility index (Phi) is 5.39. The van der Waals surface area contributed by atoms with Crippen molar-refractivity contribution in [1.82, 2.24) is 14.9 Å². The summed E-state index contributed by atoms with van der Waals surface area (Å²) in [4.78, 5) is 25.4. The number of halogens is 2. The van der Waals surface area contributed by atoms with E-state index >= 15 is 0 Å². The van der Waals surface area contributed by atoms with Crippen molar-refractivity contribution in [2.75, 3.05) is 13.1 Å². The molecule has 2 aromatic rings. The monoisotopic (exact) mass is 435 g/mol. The van der Waals surface area contributed by atoms with Crippen LogP contribution in [-0.4, -0.2) is 44.3 Å². The number of piperidine rings is 1. The third-order valence-electron chi connectivity index (χ3n) is 5.32. The van der Waals surface area contributed by atoms with Crippen LogP contribution in [0.15, 0.2) is 41.3 Å². The zero-order chi connectivity index (χ0) is 21.5. The summed E-state index contributed by atoms with van der Waals surface area (Å²) in [6, 6.07) is 7.33. The summed E-state index contributed by atoms with van der Waals surface area (Å²) in [5.74, 6) is -2.93. The van der Waals surface area contributed by atoms with Gasteiger partial charge in [0, 0.05) is 25.7 Å². The number of carbonyl (C=O) groups is 2. The largest absolute Gasteiger partial charge is 0.299 e. The lowest BCUT2D eigenvalue weighted by Gasteiger charge is -2.32. The molecule has 4 rings (SSSR count). The highest BCUT2D eigenvalue weighted by Gasteiger charge is 2.30. The summed E-state index contributed by atoms with van der Waals surface area (Å²) < 4.78 is 54.5. The molecule has 0 saturated carbocycles. The van der Waals surface area contributed by atoms with E-state index in [-0.39, 0.29) is 22.1 Å². The molecule has 0 bridgehead atoms. The summed E-state index contributed by atoms with van der Waals surface area (Å²) in [6.45, 7) is 1.63. The van der Waals surface area contributed by atoms with E-state index in [0.717, 1.165) is 6.07 Å². The molecule has 2 aromatic carbocycles. The minimum absolute atomic E-state index is 0.0456. The maximum atomic E-state index is 13.4. The zero-order valence-electron chi connectivity index (χ0n) is 15.8. The molecule has 2 aliphatic heterocycles. The lowest BCUT2D eigenvalue weighted by atomic mass is 10.1. The van der Waals surface area contributed by atoms with Gasteiger partial charge in [-0.1, -0.05) is 6.07 Å². The van der Waals surface area contributed by atoms with Gasteiger partial charge in [-0.2, -0.15) is 0 Å². The zero-order valence-corrected chi connectivity index (χ0v) is 16.6. The number of amides is 2. The van der Waals surface area contributed by atoms with Gasteiger partial charge in [-0.25, -0.2) is 21.9 Å². The summed E-state index contributed by atoms with van der Waals surface area (Å²) in [5, 5.41) is 2.13. The predicted molar refractivity (Wildman–Crippen MR) is 103 cm³/mol. The van der Waals surface area contributed by atoms with Crippen molar-refractivity contribution in [1.29, 1.82) is 0 Å². The van der Waals surface area contributed by atoms with Crippen LogP contribution >= 0.6 is 0 Å². The molecule has 158 valence electrons. The highest BCUT2D eigenvalue weighted by Crippen LogP contribution is 2.22. The summed E-state index contributed by atoms with van der Waals surface area (Å²) in [6.07, 6.45) is 1.10. The minimum atomic E-state index is -3.86. The number of likely N-dealkylation sites (tertiary alicyclic amines) is 1. The van der Waals surface area contributed by atoms with Crippen molar-refractivity contribution < 1.29 is 26.8 Å². The number of hydrogen-bond acceptors (Lipinski definition) is 5. The molecule has 1 fully saturated rings. The first-order valence-corrected chi connectivity index (χ1v) is 10.9. The van der Waals surface area contributed by atoms with Crippen molar-refractivity contribution in [3.8, 4) is 0 Å². The Balaban J connectivity index is 1.37. The van der Waals surface area contributed by atoms with E-state index in [1.807, 2.05) is 4.90 Å². The van der Waals surface area contributed by atoms with Crippen LogP contribution in [0.3, 0.4) is 0 Å². The van der Waals surface area contributed by atoms with E-state index in [1.54, 1.807) is 0 Å². The first kappa shape index (κ1) is 20.6. The van der Waals surface area contributed by atoms with E-state index in [0.29, 0.717) is 38.0 Å². The summed E-state index contributed by atoms with van der Waals surface area (Å²) in [7, 11) is -3.86. The Morgan fingerprint density at radius 2 is 1.67 bits per heavy atom. The molecule has 2 heterocycles. The van der Waals surface area contributed by atoms with Gasteiger partial charge < -0.3 is 0 Å². The first-order chi connectivity index (χ1) is 14.2. The lowest BCUT2D eigenvalue weighted by Crippen LogP contribution is -2.44. The van der Waals surface area contributed by atoms with Gasteiger partial charge in [0.15, 0.2) is 11.6 Å². The van der Waals surface area contributed by atoms with E-state index in [1.165, 1.54) is 30.3 Å². The topological polar surface area (TPSA) is 95.6 Å². The minimum Gasteiger partial charge on any atom is -0.299 e. The number of nitrogens with one attached hydrogen (secondary N) is 2. The third kappa shape index (κ3) is 4.11. The second-order valence-electron chi connectivity index (χ2n) is 7.41. The van der Waals surface area contributed by atoms with Gasteiger partial charge in [0.2, 0.25) is 10.0 Å². The van der Waals surface area contributed by atoms with E-state index < -0.39 is 33.5 Å². The fourth-order valence-electron chi connectivity index (χ4n) is 3.71. The average Bonchev–Trinajstić information content (AvgIpc) is 2.99. The standard InChI is InChI=1S/C20H19F2N3O4S/c21-17-4-1-12(9-18(17)22)11-25-7-5-13(6-8-25)24-30(28,29)14-2-3-15-16(10-14)20(27)23-19(15)26/h1-4,9-10,13,24H,5-8,11H2,(H,23,26,27). The van der Waals surface area contributed by atoms with Crippen LogP contribution in [0.2, 0.25) is 0 Å². The van der Waals surface area contributed by atoms with E-state index in [9.17, 15) is 26.8 Å². The van der Waals surface area contributed by atoms with Crippen LogP contribution in [-0.2, 0) is 16.6 Å². The van der Waals surface area contributed by atoms with Crippen molar-refractivity contribution >= 4 is 21.8 Å². The van der Waals surface area contributed by atoms with Crippen molar-refractivity contribution in [3.05, 3.63) is 64.7 Å². The second-order valence-corrected chi connectivity index (χ2v) is 9.12. The normalized spacial score (nSPS) is 17.8. The number of nitrogens with zero attached hydrogens (tertiary/aromatic N) is 1. The van der Waals surface area contributed by atoms with Gasteiger partial charge in [0.05, 0.1) is 16.0 Å². The van der Waals surface area contributed by atoms with Crippen molar-refractivity contribution in [2.45, 2.75) is 30.3 Å². The Labute approximate surface area is 172 Å². The number of rotatable bonds is 5. The second kappa shape index (κ2) is 7.86. The van der Waals surface area contributed by atoms with Gasteiger partial charge in [0.25, 0.3) is 11.8 Å². The van der Waals surface area contributed by atoms with Gasteiger partial charge in [-0.05, 0) is 48.7 Å². The van der Waals surface area contributed by atoms with E-state index in [4.69, 9.17) is 0 Å². The summed E-state index contributed by atoms with van der Waals surface area (Å²) in [5.41, 5.74) is 0.854. The maximum Gasteiger partial charge on any atom is 0.258 e. The summed E-state index contributed by atoms with van der Waals surface area (Å²) >= 11 is 0. The van der Waals surface area contributed by atoms with Crippen LogP contribution in [0.25, 0.3) is 0 Å². The first-order valence-electron chi connectivity index (χ1n) is 9.41. The SMILES string of the molecule is O=C1NC(=O)c2cc(S(=O)(=O)NC3CCN(Cc4ccc(F)c(F)c4)CC3)ccc21. The molecular weight excluding hydrogens is 416 g/mol. The Hall–Kier alpha value is -2.69. The molecule has 0 aromatic heterocycles. The lowest BCUT2D eigenvalue weighted by molar-refractivity contribution is 0.0879. The Bertz CT molecular complexity index is 1130. The third-order valence-corrected chi connectivity index (χ3v) is 6.84. The number of carbonyl (C=O) groups excluding carboxylic acids is 2. The number of hydrogen-bond donors (Lipinski definition) is 2. The molecule has 2 amide bonds. The molecule has 7 nitrogen and oxygen atoms in total. The predicted octanol–water partition coefficient (Wildman–Crippen LogP) is 1.79. The van der Waals surface area contributed by atoms with Gasteiger partial charge >= 0.3 is 0 Å². The highest BCUT2D eigenvalue weighted by molar-refractivity contribution is 7.89. The number of fused-ring (bicyclic) bond motifs is 1. The average molecular weight is 435 g/mol. The van der Waals surface area contributed by atoms with Gasteiger partial charge in [0.1, 0.15) is 0 Å². The van der Waals surface area contributed by atoms with Crippen LogP contribution in [0, 0.1) is 11.6 Å². The number of sulfonamides is 1. The molecule has 2 N–H and O–H groups in total. The smallest absolute Gasteiger partial charge is 0.258 e. The van der Waals surface area contributed by atoms with Crippen molar-refractivity contribution in [2.24, 2.45) is 0 Å². The number of imide groups is 1. The highest BCUT2D eigenvalue weighted by atomic mass is 32.2. The van der Waals surface area contributed by atoms with Gasteiger partial charge in [-0.15, -0.1) is 0 Å². The number of benzene rings is 2. The van der Waals surface area contributed by atoms with Crippen LogP contribution in [0.5, 0.6) is 0 Å². The molecule has 30 heavy (non-hydrogen) atoms. The quantitative estimate of drug-likeness (QED) is 0.699. The maximum absolute atomic E-state index is 13.4.